The van der Waals surface area contributed by atoms with Gasteiger partial charge in [-0.15, -0.1) is 0 Å². The SMILES string of the molecule is Cc1cc(Br)c2c(c1)C(C(=O)O)CCO2. The predicted octanol–water partition coefficient (Wildman–Crippen LogP) is 2.71. The van der Waals surface area contributed by atoms with Crippen LogP contribution in [0.1, 0.15) is 23.5 Å². The van der Waals surface area contributed by atoms with Crippen LogP contribution < -0.4 is 4.74 Å². The number of ether oxygens (including phenoxy) is 1. The van der Waals surface area contributed by atoms with Gasteiger partial charge in [0, 0.05) is 5.56 Å². The number of fused-ring (bicyclic) bond motifs is 1. The Morgan fingerprint density at radius 1 is 1.60 bits per heavy atom. The Balaban J connectivity index is 2.55. The molecule has 0 fully saturated rings. The highest BCUT2D eigenvalue weighted by atomic mass is 79.9. The first-order chi connectivity index (χ1) is 7.09. The molecule has 1 aliphatic heterocycles. The molecular formula is C11H11BrO3. The summed E-state index contributed by atoms with van der Waals surface area (Å²) in [5.41, 5.74) is 1.82. The number of hydrogen-bond donors (Lipinski definition) is 1. The molecule has 1 atom stereocenters. The van der Waals surface area contributed by atoms with Crippen LogP contribution in [0, 0.1) is 6.92 Å². The maximum atomic E-state index is 11.1. The Morgan fingerprint density at radius 3 is 3.00 bits per heavy atom. The summed E-state index contributed by atoms with van der Waals surface area (Å²) >= 11 is 3.39. The van der Waals surface area contributed by atoms with Crippen molar-refractivity contribution in [2.75, 3.05) is 6.61 Å². The number of halogens is 1. The second-order valence-electron chi connectivity index (χ2n) is 3.69. The van der Waals surface area contributed by atoms with Gasteiger partial charge in [0.15, 0.2) is 0 Å². The van der Waals surface area contributed by atoms with Crippen molar-refractivity contribution >= 4 is 21.9 Å². The molecule has 1 N–H and O–H groups in total. The van der Waals surface area contributed by atoms with Crippen molar-refractivity contribution in [2.45, 2.75) is 19.3 Å². The van der Waals surface area contributed by atoms with Crippen LogP contribution in [-0.2, 0) is 4.79 Å². The number of benzene rings is 1. The number of carboxylic acid groups (broad SMARTS) is 1. The molecule has 0 saturated heterocycles. The third kappa shape index (κ3) is 1.86. The Hall–Kier alpha value is -1.03. The summed E-state index contributed by atoms with van der Waals surface area (Å²) in [6, 6.07) is 3.82. The molecule has 4 heteroatoms. The molecule has 3 nitrogen and oxygen atoms in total. The first-order valence-corrected chi connectivity index (χ1v) is 5.54. The summed E-state index contributed by atoms with van der Waals surface area (Å²) in [5.74, 6) is -0.541. The number of rotatable bonds is 1. The standard InChI is InChI=1S/C11H11BrO3/c1-6-4-8-7(11(13)14)2-3-15-10(8)9(12)5-6/h4-5,7H,2-3H2,1H3,(H,13,14). The highest BCUT2D eigenvalue weighted by Gasteiger charge is 2.28. The van der Waals surface area contributed by atoms with E-state index in [9.17, 15) is 4.79 Å². The topological polar surface area (TPSA) is 46.5 Å². The molecule has 0 saturated carbocycles. The third-order valence-corrected chi connectivity index (χ3v) is 3.13. The zero-order valence-corrected chi connectivity index (χ0v) is 9.87. The molecule has 0 amide bonds. The van der Waals surface area contributed by atoms with E-state index in [0.717, 1.165) is 15.6 Å². The number of carboxylic acids is 1. The Bertz CT molecular complexity index is 415. The Kier molecular flexibility index (Phi) is 2.69. The maximum absolute atomic E-state index is 11.1. The van der Waals surface area contributed by atoms with Crippen LogP contribution >= 0.6 is 15.9 Å². The second kappa shape index (κ2) is 3.85. The molecule has 1 aromatic carbocycles. The molecule has 0 aromatic heterocycles. The van der Waals surface area contributed by atoms with Gasteiger partial charge in [-0.3, -0.25) is 4.79 Å². The van der Waals surface area contributed by atoms with Crippen molar-refractivity contribution in [1.29, 1.82) is 0 Å². The fourth-order valence-electron chi connectivity index (χ4n) is 1.86. The summed E-state index contributed by atoms with van der Waals surface area (Å²) in [7, 11) is 0. The fraction of sp³-hybridized carbons (Fsp3) is 0.364. The molecule has 1 heterocycles. The Labute approximate surface area is 96.2 Å². The lowest BCUT2D eigenvalue weighted by Gasteiger charge is -2.24. The zero-order valence-electron chi connectivity index (χ0n) is 8.29. The van der Waals surface area contributed by atoms with Crippen molar-refractivity contribution in [3.05, 3.63) is 27.7 Å². The summed E-state index contributed by atoms with van der Waals surface area (Å²) in [6.07, 6.45) is 0.540. The van der Waals surface area contributed by atoms with Crippen LogP contribution in [-0.4, -0.2) is 17.7 Å². The lowest BCUT2D eigenvalue weighted by atomic mass is 9.92. The average molecular weight is 271 g/mol. The van der Waals surface area contributed by atoms with Crippen LogP contribution in [0.25, 0.3) is 0 Å². The summed E-state index contributed by atoms with van der Waals surface area (Å²) in [5, 5.41) is 9.10. The summed E-state index contributed by atoms with van der Waals surface area (Å²) in [4.78, 5) is 11.1. The quantitative estimate of drug-likeness (QED) is 0.854. The molecule has 1 aliphatic rings. The van der Waals surface area contributed by atoms with Gasteiger partial charge in [-0.1, -0.05) is 6.07 Å². The van der Waals surface area contributed by atoms with E-state index in [-0.39, 0.29) is 0 Å². The molecule has 0 bridgehead atoms. The van der Waals surface area contributed by atoms with Crippen molar-refractivity contribution in [1.82, 2.24) is 0 Å². The van der Waals surface area contributed by atoms with Crippen LogP contribution in [0.3, 0.4) is 0 Å². The molecular weight excluding hydrogens is 260 g/mol. The van der Waals surface area contributed by atoms with Crippen LogP contribution in [0.2, 0.25) is 0 Å². The highest BCUT2D eigenvalue weighted by molar-refractivity contribution is 9.10. The third-order valence-electron chi connectivity index (χ3n) is 2.54. The molecule has 15 heavy (non-hydrogen) atoms. The lowest BCUT2D eigenvalue weighted by Crippen LogP contribution is -2.21. The van der Waals surface area contributed by atoms with E-state index in [1.165, 1.54) is 0 Å². The molecule has 80 valence electrons. The van der Waals surface area contributed by atoms with Crippen molar-refractivity contribution in [3.63, 3.8) is 0 Å². The molecule has 0 spiro atoms. The molecule has 0 radical (unpaired) electrons. The number of hydrogen-bond acceptors (Lipinski definition) is 2. The van der Waals surface area contributed by atoms with Gasteiger partial charge in [0.2, 0.25) is 0 Å². The van der Waals surface area contributed by atoms with E-state index in [0.29, 0.717) is 18.8 Å². The molecule has 1 unspecified atom stereocenters. The largest absolute Gasteiger partial charge is 0.492 e. The van der Waals surface area contributed by atoms with Gasteiger partial charge < -0.3 is 9.84 Å². The van der Waals surface area contributed by atoms with Gasteiger partial charge in [0.05, 0.1) is 17.0 Å². The second-order valence-corrected chi connectivity index (χ2v) is 4.55. The van der Waals surface area contributed by atoms with Crippen molar-refractivity contribution < 1.29 is 14.6 Å². The molecule has 2 rings (SSSR count). The lowest BCUT2D eigenvalue weighted by molar-refractivity contribution is -0.139. The highest BCUT2D eigenvalue weighted by Crippen LogP contribution is 2.39. The number of aliphatic carboxylic acids is 1. The maximum Gasteiger partial charge on any atom is 0.311 e. The van der Waals surface area contributed by atoms with E-state index < -0.39 is 11.9 Å². The Morgan fingerprint density at radius 2 is 2.33 bits per heavy atom. The average Bonchev–Trinajstić information content (AvgIpc) is 2.16. The monoisotopic (exact) mass is 270 g/mol. The van der Waals surface area contributed by atoms with Crippen molar-refractivity contribution in [3.8, 4) is 5.75 Å². The van der Waals surface area contributed by atoms with Crippen molar-refractivity contribution in [2.24, 2.45) is 0 Å². The van der Waals surface area contributed by atoms with E-state index in [2.05, 4.69) is 15.9 Å². The fourth-order valence-corrected chi connectivity index (χ4v) is 2.56. The van der Waals surface area contributed by atoms with Crippen LogP contribution in [0.15, 0.2) is 16.6 Å². The van der Waals surface area contributed by atoms with Crippen LogP contribution in [0.5, 0.6) is 5.75 Å². The van der Waals surface area contributed by atoms with Gasteiger partial charge in [-0.25, -0.2) is 0 Å². The minimum absolute atomic E-state index is 0.440. The molecule has 1 aromatic rings. The van der Waals surface area contributed by atoms with E-state index in [1.807, 2.05) is 19.1 Å². The number of aryl methyl sites for hydroxylation is 1. The van der Waals surface area contributed by atoms with Gasteiger partial charge >= 0.3 is 5.97 Å². The summed E-state index contributed by atoms with van der Waals surface area (Å²) in [6.45, 7) is 2.41. The first kappa shape index (κ1) is 10.5. The van der Waals surface area contributed by atoms with Gasteiger partial charge in [0.25, 0.3) is 0 Å². The van der Waals surface area contributed by atoms with Gasteiger partial charge in [0.1, 0.15) is 5.75 Å². The minimum atomic E-state index is -0.781. The smallest absolute Gasteiger partial charge is 0.311 e. The van der Waals surface area contributed by atoms with E-state index in [1.54, 1.807) is 0 Å². The number of carbonyl (C=O) groups is 1. The van der Waals surface area contributed by atoms with Gasteiger partial charge in [-0.05, 0) is 40.9 Å². The normalized spacial score (nSPS) is 19.2. The zero-order chi connectivity index (χ0) is 11.0. The van der Waals surface area contributed by atoms with Gasteiger partial charge in [-0.2, -0.15) is 0 Å². The van der Waals surface area contributed by atoms with E-state index in [4.69, 9.17) is 9.84 Å². The van der Waals surface area contributed by atoms with E-state index >= 15 is 0 Å². The molecule has 0 aliphatic carbocycles. The first-order valence-electron chi connectivity index (χ1n) is 4.75. The summed E-state index contributed by atoms with van der Waals surface area (Å²) < 4.78 is 6.32. The minimum Gasteiger partial charge on any atom is -0.492 e. The van der Waals surface area contributed by atoms with Crippen LogP contribution in [0.4, 0.5) is 0 Å². The predicted molar refractivity (Wildman–Crippen MR) is 59.4 cm³/mol.